The van der Waals surface area contributed by atoms with Gasteiger partial charge in [0, 0.05) is 6.54 Å². The topological polar surface area (TPSA) is 108 Å². The first kappa shape index (κ1) is 19.8. The average molecular weight is 430 g/mol. The summed E-state index contributed by atoms with van der Waals surface area (Å²) in [6.45, 7) is 0.281. The Morgan fingerprint density at radius 2 is 1.70 bits per heavy atom. The van der Waals surface area contributed by atoms with Crippen molar-refractivity contribution in [3.05, 3.63) is 46.4 Å². The fourth-order valence-corrected chi connectivity index (χ4v) is 4.29. The van der Waals surface area contributed by atoms with Gasteiger partial charge in [0.25, 0.3) is 0 Å². The largest absolute Gasteiger partial charge is 0.504 e. The van der Waals surface area contributed by atoms with Crippen molar-refractivity contribution in [1.29, 1.82) is 0 Å². The van der Waals surface area contributed by atoms with Crippen LogP contribution in [-0.4, -0.2) is 26.1 Å². The molecule has 0 atom stereocenters. The second kappa shape index (κ2) is 7.93. The molecule has 0 aromatic heterocycles. The Balaban J connectivity index is 1.80. The molecule has 3 rings (SSSR count). The summed E-state index contributed by atoms with van der Waals surface area (Å²) in [5.74, 6) is -0.330. The highest BCUT2D eigenvalue weighted by molar-refractivity contribution is 7.89. The summed E-state index contributed by atoms with van der Waals surface area (Å²) in [7, 11) is -4.03. The van der Waals surface area contributed by atoms with Gasteiger partial charge in [-0.05, 0) is 43.0 Å². The summed E-state index contributed by atoms with van der Waals surface area (Å²) in [5, 5.41) is 15.5. The van der Waals surface area contributed by atoms with Crippen LogP contribution >= 0.6 is 23.2 Å². The highest BCUT2D eigenvalue weighted by atomic mass is 35.5. The summed E-state index contributed by atoms with van der Waals surface area (Å²) >= 11 is 12.0. The smallest absolute Gasteiger partial charge is 0.323 e. The number of nitrogens with one attached hydrogen (secondary N) is 3. The molecule has 144 valence electrons. The zero-order valence-corrected chi connectivity index (χ0v) is 16.3. The van der Waals surface area contributed by atoms with Crippen molar-refractivity contribution < 1.29 is 18.3 Å². The normalized spacial score (nSPS) is 14.0. The van der Waals surface area contributed by atoms with Crippen molar-refractivity contribution in [2.45, 2.75) is 17.7 Å². The molecule has 0 unspecified atom stereocenters. The summed E-state index contributed by atoms with van der Waals surface area (Å²) in [5.41, 5.74) is 0.264. The van der Waals surface area contributed by atoms with Gasteiger partial charge in [0.2, 0.25) is 10.0 Å². The van der Waals surface area contributed by atoms with E-state index in [2.05, 4.69) is 15.4 Å². The SMILES string of the molecule is O=C(Nc1ccccc1Cl)Nc1ccc(Cl)c(S(=O)(=O)NCC2CC2)c1O. The molecule has 0 bridgehead atoms. The van der Waals surface area contributed by atoms with Gasteiger partial charge < -0.3 is 15.7 Å². The van der Waals surface area contributed by atoms with Crippen LogP contribution in [0.15, 0.2) is 41.3 Å². The maximum Gasteiger partial charge on any atom is 0.323 e. The number of phenolic OH excluding ortho intramolecular Hbond substituents is 1. The van der Waals surface area contributed by atoms with Crippen molar-refractivity contribution in [2.75, 3.05) is 17.2 Å². The first-order chi connectivity index (χ1) is 12.8. The molecule has 0 saturated heterocycles. The number of hydrogen-bond acceptors (Lipinski definition) is 4. The molecule has 27 heavy (non-hydrogen) atoms. The first-order valence-electron chi connectivity index (χ1n) is 8.11. The van der Waals surface area contributed by atoms with Gasteiger partial charge in [0.05, 0.1) is 21.4 Å². The van der Waals surface area contributed by atoms with Crippen molar-refractivity contribution in [3.63, 3.8) is 0 Å². The van der Waals surface area contributed by atoms with E-state index in [-0.39, 0.29) is 17.3 Å². The van der Waals surface area contributed by atoms with E-state index >= 15 is 0 Å². The number of benzene rings is 2. The number of carbonyl (C=O) groups is 1. The Morgan fingerprint density at radius 1 is 1.04 bits per heavy atom. The predicted molar refractivity (Wildman–Crippen MR) is 105 cm³/mol. The molecule has 0 spiro atoms. The lowest BCUT2D eigenvalue weighted by molar-refractivity contribution is 0.262. The molecule has 0 heterocycles. The van der Waals surface area contributed by atoms with E-state index in [1.54, 1.807) is 24.3 Å². The number of amides is 2. The molecule has 4 N–H and O–H groups in total. The van der Waals surface area contributed by atoms with Crippen LogP contribution in [0.4, 0.5) is 16.2 Å². The Bertz CT molecular complexity index is 978. The van der Waals surface area contributed by atoms with E-state index in [1.165, 1.54) is 12.1 Å². The van der Waals surface area contributed by atoms with Gasteiger partial charge in [-0.25, -0.2) is 17.9 Å². The Labute approximate surface area is 166 Å². The zero-order valence-electron chi connectivity index (χ0n) is 14.0. The molecule has 0 radical (unpaired) electrons. The number of hydrogen-bond donors (Lipinski definition) is 4. The van der Waals surface area contributed by atoms with Gasteiger partial charge in [-0.1, -0.05) is 35.3 Å². The zero-order chi connectivity index (χ0) is 19.6. The number of rotatable bonds is 6. The van der Waals surface area contributed by atoms with Crippen LogP contribution in [0, 0.1) is 5.92 Å². The Kier molecular flexibility index (Phi) is 5.81. The number of phenols is 1. The van der Waals surface area contributed by atoms with Gasteiger partial charge in [-0.15, -0.1) is 0 Å². The van der Waals surface area contributed by atoms with Gasteiger partial charge >= 0.3 is 6.03 Å². The third-order valence-corrected chi connectivity index (χ3v) is 6.24. The summed E-state index contributed by atoms with van der Waals surface area (Å²) in [4.78, 5) is 11.7. The minimum atomic E-state index is -4.03. The maximum atomic E-state index is 12.5. The number of urea groups is 1. The number of aromatic hydroxyl groups is 1. The van der Waals surface area contributed by atoms with Crippen LogP contribution in [0.1, 0.15) is 12.8 Å². The predicted octanol–water partition coefficient (Wildman–Crippen LogP) is 4.03. The molecule has 2 aromatic carbocycles. The molecule has 1 fully saturated rings. The molecule has 7 nitrogen and oxygen atoms in total. The van der Waals surface area contributed by atoms with E-state index in [9.17, 15) is 18.3 Å². The van der Waals surface area contributed by atoms with Crippen molar-refractivity contribution in [2.24, 2.45) is 5.92 Å². The standard InChI is InChI=1S/C17H17Cl2N3O4S/c18-11-3-1-2-4-13(11)21-17(24)22-14-8-7-12(19)16(15(14)23)27(25,26)20-9-10-5-6-10/h1-4,7-8,10,20,23H,5-6,9H2,(H2,21,22,24). The first-order valence-corrected chi connectivity index (χ1v) is 10.4. The third kappa shape index (κ3) is 4.84. The number of halogens is 2. The molecule has 2 amide bonds. The molecule has 1 aliphatic carbocycles. The average Bonchev–Trinajstić information content (AvgIpc) is 3.42. The minimum Gasteiger partial charge on any atom is -0.504 e. The summed E-state index contributed by atoms with van der Waals surface area (Å²) < 4.78 is 27.4. The van der Waals surface area contributed by atoms with Crippen LogP contribution in [0.5, 0.6) is 5.75 Å². The van der Waals surface area contributed by atoms with E-state index in [1.807, 2.05) is 0 Å². The van der Waals surface area contributed by atoms with Crippen LogP contribution in [0.25, 0.3) is 0 Å². The summed E-state index contributed by atoms with van der Waals surface area (Å²) in [6, 6.07) is 8.51. The number of sulfonamides is 1. The molecular weight excluding hydrogens is 413 g/mol. The van der Waals surface area contributed by atoms with Crippen LogP contribution in [0.2, 0.25) is 10.0 Å². The fraction of sp³-hybridized carbons (Fsp3) is 0.235. The monoisotopic (exact) mass is 429 g/mol. The summed E-state index contributed by atoms with van der Waals surface area (Å²) in [6.07, 6.45) is 1.93. The lowest BCUT2D eigenvalue weighted by Crippen LogP contribution is -2.26. The molecule has 1 saturated carbocycles. The van der Waals surface area contributed by atoms with Gasteiger partial charge in [0.15, 0.2) is 5.75 Å². The van der Waals surface area contributed by atoms with Crippen LogP contribution in [-0.2, 0) is 10.0 Å². The number of para-hydroxylation sites is 1. The molecular formula is C17H17Cl2N3O4S. The maximum absolute atomic E-state index is 12.5. The Morgan fingerprint density at radius 3 is 2.37 bits per heavy atom. The van der Waals surface area contributed by atoms with Gasteiger partial charge in [-0.2, -0.15) is 0 Å². The number of anilines is 2. The Hall–Kier alpha value is -2.00. The lowest BCUT2D eigenvalue weighted by atomic mass is 10.3. The minimum absolute atomic E-state index is 0.101. The molecule has 1 aliphatic rings. The second-order valence-electron chi connectivity index (χ2n) is 6.13. The van der Waals surface area contributed by atoms with E-state index in [0.29, 0.717) is 16.6 Å². The van der Waals surface area contributed by atoms with Crippen molar-refractivity contribution in [3.8, 4) is 5.75 Å². The van der Waals surface area contributed by atoms with E-state index in [0.717, 1.165) is 12.8 Å². The van der Waals surface area contributed by atoms with Gasteiger partial charge in [0.1, 0.15) is 4.90 Å². The van der Waals surface area contributed by atoms with E-state index < -0.39 is 26.7 Å². The quantitative estimate of drug-likeness (QED) is 0.519. The van der Waals surface area contributed by atoms with Gasteiger partial charge in [-0.3, -0.25) is 0 Å². The fourth-order valence-electron chi connectivity index (χ4n) is 2.36. The van der Waals surface area contributed by atoms with E-state index in [4.69, 9.17) is 23.2 Å². The van der Waals surface area contributed by atoms with Crippen molar-refractivity contribution >= 4 is 50.6 Å². The highest BCUT2D eigenvalue weighted by Crippen LogP contribution is 2.37. The third-order valence-electron chi connectivity index (χ3n) is 3.98. The lowest BCUT2D eigenvalue weighted by Gasteiger charge is -2.14. The van der Waals surface area contributed by atoms with Crippen LogP contribution in [0.3, 0.4) is 0 Å². The van der Waals surface area contributed by atoms with Crippen LogP contribution < -0.4 is 15.4 Å². The molecule has 10 heteroatoms. The highest BCUT2D eigenvalue weighted by Gasteiger charge is 2.28. The number of carbonyl (C=O) groups excluding carboxylic acids is 1. The van der Waals surface area contributed by atoms with Crippen molar-refractivity contribution in [1.82, 2.24) is 4.72 Å². The second-order valence-corrected chi connectivity index (χ2v) is 8.65. The molecule has 2 aromatic rings. The molecule has 0 aliphatic heterocycles.